The van der Waals surface area contributed by atoms with E-state index in [0.29, 0.717) is 15.9 Å². The highest BCUT2D eigenvalue weighted by Gasteiger charge is 2.15. The first-order valence-corrected chi connectivity index (χ1v) is 10.5. The normalized spacial score (nSPS) is 10.5. The summed E-state index contributed by atoms with van der Waals surface area (Å²) in [6.07, 6.45) is 1.57. The molecule has 0 unspecified atom stereocenters. The van der Waals surface area contributed by atoms with E-state index < -0.39 is 11.8 Å². The molecule has 0 atom stereocenters. The number of hydrogen-bond donors (Lipinski definition) is 3. The van der Waals surface area contributed by atoms with E-state index in [0.717, 1.165) is 5.69 Å². The molecule has 160 valence electrons. The Hall–Kier alpha value is -3.37. The van der Waals surface area contributed by atoms with Gasteiger partial charge in [0.25, 0.3) is 5.91 Å². The predicted molar refractivity (Wildman–Crippen MR) is 118 cm³/mol. The second-order valence-corrected chi connectivity index (χ2v) is 7.70. The number of primary amides is 1. The zero-order valence-corrected chi connectivity index (χ0v) is 17.8. The second kappa shape index (κ2) is 10.6. The van der Waals surface area contributed by atoms with Crippen molar-refractivity contribution in [3.63, 3.8) is 0 Å². The van der Waals surface area contributed by atoms with Crippen molar-refractivity contribution >= 4 is 46.8 Å². The number of nitrogens with one attached hydrogen (secondary N) is 2. The van der Waals surface area contributed by atoms with Crippen LogP contribution < -0.4 is 16.4 Å². The Bertz CT molecular complexity index is 1100. The number of carbonyl (C=O) groups excluding carboxylic acids is 3. The summed E-state index contributed by atoms with van der Waals surface area (Å²) in [5.41, 5.74) is 6.50. The number of anilines is 1. The number of aromatic nitrogens is 3. The van der Waals surface area contributed by atoms with Gasteiger partial charge in [-0.15, -0.1) is 10.2 Å². The fourth-order valence-electron chi connectivity index (χ4n) is 2.63. The van der Waals surface area contributed by atoms with Gasteiger partial charge in [0.15, 0.2) is 5.16 Å². The second-order valence-electron chi connectivity index (χ2n) is 6.32. The van der Waals surface area contributed by atoms with Gasteiger partial charge < -0.3 is 16.4 Å². The molecule has 4 N–H and O–H groups in total. The SMILES string of the molecule is NC(=O)CCNC(=O)c1ccccc1NC(=O)CSc1nncn1-c1cccc(Cl)c1. The fraction of sp³-hybridized carbons (Fsp3) is 0.150. The highest BCUT2D eigenvalue weighted by atomic mass is 35.5. The van der Waals surface area contributed by atoms with Gasteiger partial charge in [0.05, 0.1) is 22.7 Å². The molecule has 9 nitrogen and oxygen atoms in total. The van der Waals surface area contributed by atoms with Gasteiger partial charge in [-0.3, -0.25) is 19.0 Å². The molecule has 0 saturated carbocycles. The minimum Gasteiger partial charge on any atom is -0.370 e. The van der Waals surface area contributed by atoms with Crippen LogP contribution in [0.1, 0.15) is 16.8 Å². The molecular weight excluding hydrogens is 440 g/mol. The maximum atomic E-state index is 12.5. The molecule has 1 aromatic heterocycles. The molecule has 2 aromatic carbocycles. The third-order valence-corrected chi connectivity index (χ3v) is 5.22. The van der Waals surface area contributed by atoms with Crippen molar-refractivity contribution in [2.24, 2.45) is 5.73 Å². The smallest absolute Gasteiger partial charge is 0.253 e. The van der Waals surface area contributed by atoms with Crippen molar-refractivity contribution < 1.29 is 14.4 Å². The summed E-state index contributed by atoms with van der Waals surface area (Å²) in [4.78, 5) is 35.7. The molecule has 0 radical (unpaired) electrons. The molecule has 11 heteroatoms. The average molecular weight is 459 g/mol. The van der Waals surface area contributed by atoms with Crippen LogP contribution >= 0.6 is 23.4 Å². The van der Waals surface area contributed by atoms with E-state index in [9.17, 15) is 14.4 Å². The standard InChI is InChI=1S/C20H19ClN6O3S/c21-13-4-3-5-14(10-13)27-12-24-26-20(27)31-11-18(29)25-16-7-2-1-6-15(16)19(30)23-9-8-17(22)28/h1-7,10,12H,8-9,11H2,(H2,22,28)(H,23,30)(H,25,29). The summed E-state index contributed by atoms with van der Waals surface area (Å²) < 4.78 is 1.73. The summed E-state index contributed by atoms with van der Waals surface area (Å²) in [7, 11) is 0. The van der Waals surface area contributed by atoms with Crippen molar-refractivity contribution in [3.05, 3.63) is 65.4 Å². The van der Waals surface area contributed by atoms with Gasteiger partial charge in [0.2, 0.25) is 11.8 Å². The molecule has 0 aliphatic carbocycles. The summed E-state index contributed by atoms with van der Waals surface area (Å²) in [6, 6.07) is 13.8. The summed E-state index contributed by atoms with van der Waals surface area (Å²) >= 11 is 7.23. The molecular formula is C20H19ClN6O3S. The Balaban J connectivity index is 1.62. The Morgan fingerprint density at radius 1 is 1.13 bits per heavy atom. The van der Waals surface area contributed by atoms with Gasteiger partial charge in [0, 0.05) is 18.0 Å². The van der Waals surface area contributed by atoms with Gasteiger partial charge in [-0.1, -0.05) is 41.6 Å². The van der Waals surface area contributed by atoms with E-state index in [-0.39, 0.29) is 30.2 Å². The van der Waals surface area contributed by atoms with Crippen LogP contribution in [0.15, 0.2) is 60.0 Å². The number of nitrogens with zero attached hydrogens (tertiary/aromatic N) is 3. The number of rotatable bonds is 9. The van der Waals surface area contributed by atoms with E-state index in [1.807, 2.05) is 12.1 Å². The lowest BCUT2D eigenvalue weighted by Crippen LogP contribution is -2.29. The first-order chi connectivity index (χ1) is 14.9. The number of hydrogen-bond acceptors (Lipinski definition) is 6. The molecule has 1 heterocycles. The molecule has 0 spiro atoms. The highest BCUT2D eigenvalue weighted by Crippen LogP contribution is 2.22. The van der Waals surface area contributed by atoms with Crippen molar-refractivity contribution in [1.82, 2.24) is 20.1 Å². The molecule has 0 saturated heterocycles. The van der Waals surface area contributed by atoms with Crippen LogP contribution in [-0.4, -0.2) is 44.8 Å². The van der Waals surface area contributed by atoms with Gasteiger partial charge in [0.1, 0.15) is 6.33 Å². The van der Waals surface area contributed by atoms with Crippen molar-refractivity contribution in [2.75, 3.05) is 17.6 Å². The number of benzene rings is 2. The minimum absolute atomic E-state index is 0.0320. The van der Waals surface area contributed by atoms with E-state index in [2.05, 4.69) is 20.8 Å². The average Bonchev–Trinajstić information content (AvgIpc) is 3.21. The van der Waals surface area contributed by atoms with Crippen LogP contribution in [0.3, 0.4) is 0 Å². The number of thioether (sulfide) groups is 1. The van der Waals surface area contributed by atoms with Crippen LogP contribution in [0.2, 0.25) is 5.02 Å². The van der Waals surface area contributed by atoms with E-state index in [1.165, 1.54) is 18.1 Å². The third-order valence-electron chi connectivity index (χ3n) is 4.04. The Morgan fingerprint density at radius 2 is 1.94 bits per heavy atom. The Kier molecular flexibility index (Phi) is 7.63. The molecule has 0 aliphatic heterocycles. The summed E-state index contributed by atoms with van der Waals surface area (Å²) in [5.74, 6) is -1.19. The Labute approximate surface area is 187 Å². The first kappa shape index (κ1) is 22.3. The number of amides is 3. The fourth-order valence-corrected chi connectivity index (χ4v) is 3.54. The molecule has 31 heavy (non-hydrogen) atoms. The zero-order valence-electron chi connectivity index (χ0n) is 16.2. The lowest BCUT2D eigenvalue weighted by molar-refractivity contribution is -0.118. The third kappa shape index (κ3) is 6.30. The maximum Gasteiger partial charge on any atom is 0.253 e. The van der Waals surface area contributed by atoms with Crippen molar-refractivity contribution in [1.29, 1.82) is 0 Å². The van der Waals surface area contributed by atoms with Crippen molar-refractivity contribution in [3.8, 4) is 5.69 Å². The number of para-hydroxylation sites is 1. The lowest BCUT2D eigenvalue weighted by atomic mass is 10.1. The van der Waals surface area contributed by atoms with Gasteiger partial charge >= 0.3 is 0 Å². The summed E-state index contributed by atoms with van der Waals surface area (Å²) in [6.45, 7) is 0.117. The van der Waals surface area contributed by atoms with Crippen LogP contribution in [0, 0.1) is 0 Å². The zero-order chi connectivity index (χ0) is 22.2. The first-order valence-electron chi connectivity index (χ1n) is 9.18. The molecule has 3 aromatic rings. The van der Waals surface area contributed by atoms with Gasteiger partial charge in [-0.05, 0) is 30.3 Å². The maximum absolute atomic E-state index is 12.5. The molecule has 0 aliphatic rings. The van der Waals surface area contributed by atoms with Crippen LogP contribution in [0.4, 0.5) is 5.69 Å². The van der Waals surface area contributed by atoms with E-state index in [1.54, 1.807) is 41.0 Å². The number of halogens is 1. The number of nitrogens with two attached hydrogens (primary N) is 1. The van der Waals surface area contributed by atoms with Crippen LogP contribution in [-0.2, 0) is 9.59 Å². The van der Waals surface area contributed by atoms with E-state index >= 15 is 0 Å². The largest absolute Gasteiger partial charge is 0.370 e. The highest BCUT2D eigenvalue weighted by molar-refractivity contribution is 7.99. The molecule has 3 rings (SSSR count). The lowest BCUT2D eigenvalue weighted by Gasteiger charge is -2.11. The monoisotopic (exact) mass is 458 g/mol. The predicted octanol–water partition coefficient (Wildman–Crippen LogP) is 2.26. The van der Waals surface area contributed by atoms with Gasteiger partial charge in [-0.25, -0.2) is 0 Å². The van der Waals surface area contributed by atoms with Gasteiger partial charge in [-0.2, -0.15) is 0 Å². The van der Waals surface area contributed by atoms with Crippen LogP contribution in [0.5, 0.6) is 0 Å². The van der Waals surface area contributed by atoms with Crippen LogP contribution in [0.25, 0.3) is 5.69 Å². The molecule has 0 fully saturated rings. The quantitative estimate of drug-likeness (QED) is 0.421. The van der Waals surface area contributed by atoms with E-state index in [4.69, 9.17) is 17.3 Å². The molecule has 3 amide bonds. The Morgan fingerprint density at radius 3 is 2.71 bits per heavy atom. The number of carbonyl (C=O) groups is 3. The topological polar surface area (TPSA) is 132 Å². The summed E-state index contributed by atoms with van der Waals surface area (Å²) in [5, 5.41) is 14.4. The minimum atomic E-state index is -0.510. The molecule has 0 bridgehead atoms. The van der Waals surface area contributed by atoms with Crippen molar-refractivity contribution in [2.45, 2.75) is 11.6 Å².